The number of benzene rings is 2. The van der Waals surface area contributed by atoms with Crippen LogP contribution in [0.3, 0.4) is 0 Å². The molecule has 0 amide bonds. The van der Waals surface area contributed by atoms with E-state index < -0.39 is 0 Å². The van der Waals surface area contributed by atoms with E-state index in [0.717, 1.165) is 49.4 Å². The van der Waals surface area contributed by atoms with E-state index in [1.807, 2.05) is 16.8 Å². The number of tetrazole rings is 1. The summed E-state index contributed by atoms with van der Waals surface area (Å²) >= 11 is 0. The fourth-order valence-corrected chi connectivity index (χ4v) is 5.21. The Morgan fingerprint density at radius 3 is 2.30 bits per heavy atom. The Kier molecular flexibility index (Phi) is 7.96. The lowest BCUT2D eigenvalue weighted by molar-refractivity contribution is -0.00000706. The summed E-state index contributed by atoms with van der Waals surface area (Å²) in [6.07, 6.45) is 5.50. The lowest BCUT2D eigenvalue weighted by Crippen LogP contribution is -3.00. The van der Waals surface area contributed by atoms with Gasteiger partial charge < -0.3 is 17.1 Å². The largest absolute Gasteiger partial charge is 1.00 e. The van der Waals surface area contributed by atoms with Gasteiger partial charge in [-0.15, -0.1) is 5.10 Å². The first kappa shape index (κ1) is 23.7. The summed E-state index contributed by atoms with van der Waals surface area (Å²) in [5.74, 6) is 1.76. The number of rotatable bonds is 7. The van der Waals surface area contributed by atoms with Crippen LogP contribution in [-0.2, 0) is 6.54 Å². The molecule has 1 saturated heterocycles. The molecule has 1 atom stereocenters. The van der Waals surface area contributed by atoms with Crippen LogP contribution in [0.4, 0.5) is 0 Å². The molecule has 2 fully saturated rings. The lowest BCUT2D eigenvalue weighted by atomic mass is 10.0. The van der Waals surface area contributed by atoms with Crippen LogP contribution in [0.25, 0.3) is 0 Å². The number of ether oxygens (including phenoxy) is 1. The Labute approximate surface area is 202 Å². The Hall–Kier alpha value is -2.48. The number of hydrogen-bond donors (Lipinski definition) is 0. The smallest absolute Gasteiger partial charge is 0.173 e. The molecule has 3 aromatic rings. The van der Waals surface area contributed by atoms with Gasteiger partial charge in [0.05, 0.1) is 19.7 Å². The molecule has 1 aliphatic heterocycles. The Balaban J connectivity index is 0.00000259. The van der Waals surface area contributed by atoms with E-state index in [-0.39, 0.29) is 18.4 Å². The van der Waals surface area contributed by atoms with E-state index in [1.165, 1.54) is 31.2 Å². The molecule has 0 spiro atoms. The topological polar surface area (TPSA) is 59.3 Å². The van der Waals surface area contributed by atoms with Crippen LogP contribution in [-0.4, -0.2) is 69.3 Å². The molecule has 1 unspecified atom stereocenters. The molecule has 1 aliphatic carbocycles. The van der Waals surface area contributed by atoms with Crippen LogP contribution >= 0.6 is 0 Å². The van der Waals surface area contributed by atoms with Crippen molar-refractivity contribution in [2.75, 3.05) is 33.3 Å². The molecule has 1 aromatic heterocycles. The second-order valence-corrected chi connectivity index (χ2v) is 8.87. The predicted octanol–water partition coefficient (Wildman–Crippen LogP) is 0.384. The standard InChI is InChI=1S/C25H32N6O.ClH/c1-32-23-13-11-20(12-14-23)19-31-25(26-27-28-31)24(21-7-3-2-4-8-21)30-17-15-29(16-18-30)22-9-5-6-10-22;/h2-4,7-8,11-14,22,24H,5-6,9-10,15-19H2,1H3;1H/p-1. The number of methoxy groups -OCH3 is 1. The van der Waals surface area contributed by atoms with Gasteiger partial charge in [-0.25, -0.2) is 4.68 Å². The van der Waals surface area contributed by atoms with Crippen molar-refractivity contribution in [1.82, 2.24) is 30.0 Å². The van der Waals surface area contributed by atoms with Crippen LogP contribution in [0.2, 0.25) is 0 Å². The van der Waals surface area contributed by atoms with Gasteiger partial charge in [-0.3, -0.25) is 9.80 Å². The maximum atomic E-state index is 5.29. The van der Waals surface area contributed by atoms with Crippen LogP contribution in [0, 0.1) is 0 Å². The van der Waals surface area contributed by atoms with Crippen LogP contribution in [0.5, 0.6) is 5.75 Å². The van der Waals surface area contributed by atoms with Gasteiger partial charge in [-0.2, -0.15) is 0 Å². The summed E-state index contributed by atoms with van der Waals surface area (Å²) in [4.78, 5) is 5.25. The van der Waals surface area contributed by atoms with Crippen molar-refractivity contribution in [3.05, 3.63) is 71.5 Å². The van der Waals surface area contributed by atoms with Crippen LogP contribution < -0.4 is 17.1 Å². The Morgan fingerprint density at radius 1 is 0.939 bits per heavy atom. The van der Waals surface area contributed by atoms with Crippen molar-refractivity contribution in [1.29, 1.82) is 0 Å². The van der Waals surface area contributed by atoms with Gasteiger partial charge >= 0.3 is 0 Å². The predicted molar refractivity (Wildman–Crippen MR) is 124 cm³/mol. The van der Waals surface area contributed by atoms with Gasteiger partial charge in [0, 0.05) is 32.2 Å². The molecule has 0 N–H and O–H groups in total. The highest BCUT2D eigenvalue weighted by Gasteiger charge is 2.33. The fourth-order valence-electron chi connectivity index (χ4n) is 5.21. The third-order valence-electron chi connectivity index (χ3n) is 6.97. The molecule has 176 valence electrons. The number of halogens is 1. The summed E-state index contributed by atoms with van der Waals surface area (Å²) in [5.41, 5.74) is 2.39. The van der Waals surface area contributed by atoms with E-state index in [0.29, 0.717) is 6.54 Å². The SMILES string of the molecule is COc1ccc(Cn2nnnc2C(c2ccccc2)N2CCN(C3CCCC3)CC2)cc1.[Cl-]. The average molecular weight is 468 g/mol. The maximum Gasteiger partial charge on any atom is 0.173 e. The molecule has 2 heterocycles. The van der Waals surface area contributed by atoms with Crippen molar-refractivity contribution in [3.8, 4) is 5.75 Å². The molecule has 2 aliphatic rings. The minimum atomic E-state index is 0. The number of nitrogens with zero attached hydrogens (tertiary/aromatic N) is 6. The molecule has 5 rings (SSSR count). The second kappa shape index (κ2) is 11.1. The summed E-state index contributed by atoms with van der Waals surface area (Å²) in [6, 6.07) is 19.6. The molecule has 0 bridgehead atoms. The second-order valence-electron chi connectivity index (χ2n) is 8.87. The molecular weight excluding hydrogens is 436 g/mol. The van der Waals surface area contributed by atoms with E-state index >= 15 is 0 Å². The van der Waals surface area contributed by atoms with Crippen molar-refractivity contribution in [2.24, 2.45) is 0 Å². The van der Waals surface area contributed by atoms with Crippen molar-refractivity contribution < 1.29 is 17.1 Å². The Bertz CT molecular complexity index is 982. The normalized spacial score (nSPS) is 18.7. The van der Waals surface area contributed by atoms with Crippen molar-refractivity contribution in [3.63, 3.8) is 0 Å². The fraction of sp³-hybridized carbons (Fsp3) is 0.480. The molecule has 7 nitrogen and oxygen atoms in total. The third kappa shape index (κ3) is 5.37. The molecule has 8 heteroatoms. The average Bonchev–Trinajstić information content (AvgIpc) is 3.54. The first-order valence-corrected chi connectivity index (χ1v) is 11.7. The van der Waals surface area contributed by atoms with E-state index in [9.17, 15) is 0 Å². The van der Waals surface area contributed by atoms with E-state index in [1.54, 1.807) is 7.11 Å². The lowest BCUT2D eigenvalue weighted by Gasteiger charge is -2.41. The number of piperazine rings is 1. The van der Waals surface area contributed by atoms with Crippen LogP contribution in [0.1, 0.15) is 48.7 Å². The van der Waals surface area contributed by atoms with Crippen molar-refractivity contribution in [2.45, 2.75) is 44.3 Å². The number of hydrogen-bond acceptors (Lipinski definition) is 6. The molecular formula is C25H32ClN6O-. The monoisotopic (exact) mass is 467 g/mol. The van der Waals surface area contributed by atoms with Gasteiger partial charge in [0.15, 0.2) is 5.82 Å². The minimum absolute atomic E-state index is 0. The zero-order chi connectivity index (χ0) is 21.8. The van der Waals surface area contributed by atoms with Crippen molar-refractivity contribution >= 4 is 0 Å². The number of aromatic nitrogens is 4. The molecule has 1 saturated carbocycles. The first-order chi connectivity index (χ1) is 15.8. The molecule has 0 radical (unpaired) electrons. The molecule has 2 aromatic carbocycles. The minimum Gasteiger partial charge on any atom is -1.00 e. The van der Waals surface area contributed by atoms with Crippen LogP contribution in [0.15, 0.2) is 54.6 Å². The summed E-state index contributed by atoms with van der Waals surface area (Å²) in [5, 5.41) is 12.9. The zero-order valence-corrected chi connectivity index (χ0v) is 19.9. The third-order valence-corrected chi connectivity index (χ3v) is 6.97. The van der Waals surface area contributed by atoms with E-state index in [4.69, 9.17) is 4.74 Å². The van der Waals surface area contributed by atoms with Gasteiger partial charge in [0.1, 0.15) is 5.75 Å². The maximum absolute atomic E-state index is 5.29. The highest BCUT2D eigenvalue weighted by atomic mass is 35.5. The van der Waals surface area contributed by atoms with Gasteiger partial charge in [-0.05, 0) is 46.5 Å². The summed E-state index contributed by atoms with van der Waals surface area (Å²) < 4.78 is 7.24. The first-order valence-electron chi connectivity index (χ1n) is 11.7. The highest BCUT2D eigenvalue weighted by Crippen LogP contribution is 2.30. The quantitative estimate of drug-likeness (QED) is 0.501. The zero-order valence-electron chi connectivity index (χ0n) is 19.2. The summed E-state index contributed by atoms with van der Waals surface area (Å²) in [6.45, 7) is 4.94. The van der Waals surface area contributed by atoms with E-state index in [2.05, 4.69) is 67.8 Å². The molecule has 33 heavy (non-hydrogen) atoms. The van der Waals surface area contributed by atoms with Gasteiger partial charge in [-0.1, -0.05) is 55.3 Å². The summed E-state index contributed by atoms with van der Waals surface area (Å²) in [7, 11) is 1.69. The Morgan fingerprint density at radius 2 is 1.64 bits per heavy atom. The van der Waals surface area contributed by atoms with Gasteiger partial charge in [0.2, 0.25) is 0 Å². The van der Waals surface area contributed by atoms with Gasteiger partial charge in [0.25, 0.3) is 0 Å². The highest BCUT2D eigenvalue weighted by molar-refractivity contribution is 5.28.